The number of carbonyl (C=O) groups is 1. The van der Waals surface area contributed by atoms with Crippen LogP contribution >= 0.6 is 0 Å². The Labute approximate surface area is 103 Å². The van der Waals surface area contributed by atoms with E-state index in [1.54, 1.807) is 0 Å². The van der Waals surface area contributed by atoms with Gasteiger partial charge in [-0.15, -0.1) is 0 Å². The topological polar surface area (TPSA) is 46.3 Å². The number of likely N-dealkylation sites (tertiary alicyclic amines) is 1. The van der Waals surface area contributed by atoms with E-state index in [0.717, 1.165) is 37.2 Å². The van der Waals surface area contributed by atoms with Crippen molar-refractivity contribution in [1.29, 1.82) is 0 Å². The molecule has 1 heterocycles. The largest absolute Gasteiger partial charge is 0.399 e. The van der Waals surface area contributed by atoms with E-state index in [1.165, 1.54) is 0 Å². The third-order valence-corrected chi connectivity index (χ3v) is 3.56. The van der Waals surface area contributed by atoms with Crippen LogP contribution in [0.1, 0.15) is 32.3 Å². The first kappa shape index (κ1) is 12.0. The third kappa shape index (κ3) is 2.28. The summed E-state index contributed by atoms with van der Waals surface area (Å²) < 4.78 is 0. The van der Waals surface area contributed by atoms with E-state index in [4.69, 9.17) is 5.73 Å². The average Bonchev–Trinajstić information content (AvgIpc) is 2.82. The van der Waals surface area contributed by atoms with Gasteiger partial charge in [0, 0.05) is 18.8 Å². The van der Waals surface area contributed by atoms with Crippen molar-refractivity contribution in [2.45, 2.75) is 32.1 Å². The standard InChI is InChI=1S/C14H20N2O/c1-14(2,11-5-7-12(15)8-6-11)13(17)16-9-3-4-10-16/h5-8H,3-4,9-10,15H2,1-2H3. The highest BCUT2D eigenvalue weighted by Gasteiger charge is 2.34. The van der Waals surface area contributed by atoms with E-state index < -0.39 is 5.41 Å². The number of hydrogen-bond acceptors (Lipinski definition) is 2. The van der Waals surface area contributed by atoms with Crippen LogP contribution in [0.4, 0.5) is 5.69 Å². The maximum atomic E-state index is 12.4. The van der Waals surface area contributed by atoms with Gasteiger partial charge < -0.3 is 10.6 Å². The summed E-state index contributed by atoms with van der Waals surface area (Å²) in [6, 6.07) is 7.61. The van der Waals surface area contributed by atoms with E-state index in [0.29, 0.717) is 0 Å². The van der Waals surface area contributed by atoms with Gasteiger partial charge >= 0.3 is 0 Å². The number of nitrogens with zero attached hydrogens (tertiary/aromatic N) is 1. The lowest BCUT2D eigenvalue weighted by Gasteiger charge is -2.29. The molecule has 2 rings (SSSR count). The quantitative estimate of drug-likeness (QED) is 0.794. The minimum Gasteiger partial charge on any atom is -0.399 e. The van der Waals surface area contributed by atoms with Crippen molar-refractivity contribution in [1.82, 2.24) is 4.90 Å². The number of benzene rings is 1. The molecule has 2 N–H and O–H groups in total. The van der Waals surface area contributed by atoms with Crippen LogP contribution in [0.5, 0.6) is 0 Å². The highest BCUT2D eigenvalue weighted by molar-refractivity contribution is 5.87. The Balaban J connectivity index is 2.22. The predicted octanol–water partition coefficient (Wildman–Crippen LogP) is 2.17. The maximum Gasteiger partial charge on any atom is 0.232 e. The van der Waals surface area contributed by atoms with Crippen molar-refractivity contribution in [3.8, 4) is 0 Å². The molecular formula is C14H20N2O. The van der Waals surface area contributed by atoms with E-state index >= 15 is 0 Å². The maximum absolute atomic E-state index is 12.4. The molecule has 0 bridgehead atoms. The van der Waals surface area contributed by atoms with E-state index in [9.17, 15) is 4.79 Å². The van der Waals surface area contributed by atoms with Crippen LogP contribution in [0.2, 0.25) is 0 Å². The molecule has 17 heavy (non-hydrogen) atoms. The van der Waals surface area contributed by atoms with Gasteiger partial charge in [0.25, 0.3) is 0 Å². The van der Waals surface area contributed by atoms with Crippen LogP contribution in [0.3, 0.4) is 0 Å². The zero-order valence-corrected chi connectivity index (χ0v) is 10.6. The average molecular weight is 232 g/mol. The van der Waals surface area contributed by atoms with Crippen LogP contribution in [-0.4, -0.2) is 23.9 Å². The molecule has 1 aromatic carbocycles. The van der Waals surface area contributed by atoms with Gasteiger partial charge in [0.1, 0.15) is 0 Å². The van der Waals surface area contributed by atoms with E-state index in [1.807, 2.05) is 43.0 Å². The molecule has 1 aliphatic rings. The molecule has 92 valence electrons. The second kappa shape index (κ2) is 4.40. The lowest BCUT2D eigenvalue weighted by Crippen LogP contribution is -2.41. The number of carbonyl (C=O) groups excluding carboxylic acids is 1. The second-order valence-corrected chi connectivity index (χ2v) is 5.25. The number of nitrogens with two attached hydrogens (primary N) is 1. The molecule has 0 radical (unpaired) electrons. The first-order valence-corrected chi connectivity index (χ1v) is 6.17. The summed E-state index contributed by atoms with van der Waals surface area (Å²) in [4.78, 5) is 14.4. The van der Waals surface area contributed by atoms with Gasteiger partial charge in [-0.1, -0.05) is 12.1 Å². The van der Waals surface area contributed by atoms with Gasteiger partial charge in [-0.3, -0.25) is 4.79 Å². The highest BCUT2D eigenvalue weighted by Crippen LogP contribution is 2.28. The zero-order valence-electron chi connectivity index (χ0n) is 10.6. The predicted molar refractivity (Wildman–Crippen MR) is 69.7 cm³/mol. The molecule has 0 spiro atoms. The fourth-order valence-electron chi connectivity index (χ4n) is 2.34. The summed E-state index contributed by atoms with van der Waals surface area (Å²) >= 11 is 0. The lowest BCUT2D eigenvalue weighted by molar-refractivity contribution is -0.135. The van der Waals surface area contributed by atoms with Crippen molar-refractivity contribution < 1.29 is 4.79 Å². The molecule has 0 unspecified atom stereocenters. The summed E-state index contributed by atoms with van der Waals surface area (Å²) in [5.74, 6) is 0.222. The van der Waals surface area contributed by atoms with Gasteiger partial charge in [0.2, 0.25) is 5.91 Å². The number of hydrogen-bond donors (Lipinski definition) is 1. The first-order valence-electron chi connectivity index (χ1n) is 6.17. The molecule has 1 saturated heterocycles. The fourth-order valence-corrected chi connectivity index (χ4v) is 2.34. The van der Waals surface area contributed by atoms with Crippen molar-refractivity contribution in [3.05, 3.63) is 29.8 Å². The summed E-state index contributed by atoms with van der Waals surface area (Å²) in [5.41, 5.74) is 6.98. The molecule has 1 amide bonds. The fraction of sp³-hybridized carbons (Fsp3) is 0.500. The molecule has 0 atom stereocenters. The van der Waals surface area contributed by atoms with E-state index in [-0.39, 0.29) is 5.91 Å². The van der Waals surface area contributed by atoms with Crippen molar-refractivity contribution in [3.63, 3.8) is 0 Å². The Morgan fingerprint density at radius 3 is 2.24 bits per heavy atom. The molecule has 1 aromatic rings. The smallest absolute Gasteiger partial charge is 0.232 e. The SMILES string of the molecule is CC(C)(C(=O)N1CCCC1)c1ccc(N)cc1. The second-order valence-electron chi connectivity index (χ2n) is 5.25. The van der Waals surface area contributed by atoms with Crippen LogP contribution < -0.4 is 5.73 Å². The van der Waals surface area contributed by atoms with Crippen LogP contribution in [0.25, 0.3) is 0 Å². The lowest BCUT2D eigenvalue weighted by atomic mass is 9.83. The highest BCUT2D eigenvalue weighted by atomic mass is 16.2. The minimum absolute atomic E-state index is 0.222. The Kier molecular flexibility index (Phi) is 3.09. The molecule has 0 aliphatic carbocycles. The normalized spacial score (nSPS) is 16.2. The first-order chi connectivity index (χ1) is 8.01. The number of amides is 1. The van der Waals surface area contributed by atoms with Crippen molar-refractivity contribution >= 4 is 11.6 Å². The summed E-state index contributed by atoms with van der Waals surface area (Å²) in [6.07, 6.45) is 2.26. The molecular weight excluding hydrogens is 212 g/mol. The van der Waals surface area contributed by atoms with Crippen molar-refractivity contribution in [2.75, 3.05) is 18.8 Å². The van der Waals surface area contributed by atoms with Crippen LogP contribution in [-0.2, 0) is 10.2 Å². The van der Waals surface area contributed by atoms with Gasteiger partial charge in [0.05, 0.1) is 5.41 Å². The van der Waals surface area contributed by atoms with Gasteiger partial charge in [0.15, 0.2) is 0 Å². The molecule has 1 aliphatic heterocycles. The Hall–Kier alpha value is -1.51. The van der Waals surface area contributed by atoms with Gasteiger partial charge in [-0.25, -0.2) is 0 Å². The molecule has 3 nitrogen and oxygen atoms in total. The Morgan fingerprint density at radius 2 is 1.71 bits per heavy atom. The van der Waals surface area contributed by atoms with Crippen LogP contribution in [0.15, 0.2) is 24.3 Å². The van der Waals surface area contributed by atoms with Gasteiger partial charge in [-0.05, 0) is 44.4 Å². The van der Waals surface area contributed by atoms with Gasteiger partial charge in [-0.2, -0.15) is 0 Å². The summed E-state index contributed by atoms with van der Waals surface area (Å²) in [7, 11) is 0. The summed E-state index contributed by atoms with van der Waals surface area (Å²) in [5, 5.41) is 0. The van der Waals surface area contributed by atoms with Crippen molar-refractivity contribution in [2.24, 2.45) is 0 Å². The minimum atomic E-state index is -0.460. The Morgan fingerprint density at radius 1 is 1.18 bits per heavy atom. The summed E-state index contributed by atoms with van der Waals surface area (Å²) in [6.45, 7) is 5.77. The number of nitrogen functional groups attached to an aromatic ring is 1. The molecule has 3 heteroatoms. The number of rotatable bonds is 2. The van der Waals surface area contributed by atoms with Crippen LogP contribution in [0, 0.1) is 0 Å². The zero-order chi connectivity index (χ0) is 12.5. The molecule has 0 saturated carbocycles. The molecule has 1 fully saturated rings. The number of anilines is 1. The van der Waals surface area contributed by atoms with E-state index in [2.05, 4.69) is 0 Å². The molecule has 0 aromatic heterocycles. The monoisotopic (exact) mass is 232 g/mol. The Bertz CT molecular complexity index is 403. The third-order valence-electron chi connectivity index (χ3n) is 3.56.